The number of hydrogen-bond donors (Lipinski definition) is 3. The van der Waals surface area contributed by atoms with Crippen molar-refractivity contribution in [1.82, 2.24) is 10.3 Å². The van der Waals surface area contributed by atoms with Crippen molar-refractivity contribution in [1.29, 1.82) is 0 Å². The third kappa shape index (κ3) is 1.01. The maximum Gasteiger partial charge on any atom is 0.245 e. The summed E-state index contributed by atoms with van der Waals surface area (Å²) >= 11 is 4.78. The number of azo groups is 1. The number of hydrogen-bond acceptors (Lipinski definition) is 3. The summed E-state index contributed by atoms with van der Waals surface area (Å²) in [6.45, 7) is 0. The Bertz CT molecular complexity index is 330. The second kappa shape index (κ2) is 2.36. The van der Waals surface area contributed by atoms with Gasteiger partial charge in [-0.25, -0.2) is 0 Å². The average Bonchev–Trinajstić information content (AvgIpc) is 2.59. The topological polar surface area (TPSA) is 78.6 Å². The minimum Gasteiger partial charge on any atom is -0.360 e. The van der Waals surface area contributed by atoms with Crippen LogP contribution in [0.15, 0.2) is 28.6 Å². The fourth-order valence-electron chi connectivity index (χ4n) is 1.03. The summed E-state index contributed by atoms with van der Waals surface area (Å²) in [6, 6.07) is 3.66. The van der Waals surface area contributed by atoms with Crippen molar-refractivity contribution in [3.05, 3.63) is 24.0 Å². The van der Waals surface area contributed by atoms with Crippen LogP contribution in [0.3, 0.4) is 0 Å². The molecule has 4 N–H and O–H groups in total. The SMILES string of the molecule is NC1(c2ccc[nH]2)N=NC(=S)N1. The van der Waals surface area contributed by atoms with Crippen molar-refractivity contribution < 1.29 is 0 Å². The fourth-order valence-corrected chi connectivity index (χ4v) is 1.22. The van der Waals surface area contributed by atoms with Gasteiger partial charge in [0, 0.05) is 6.20 Å². The number of aromatic nitrogens is 1. The molecular formula is C6H7N5S. The summed E-state index contributed by atoms with van der Waals surface area (Å²) in [6.07, 6.45) is 1.77. The van der Waals surface area contributed by atoms with Crippen LogP contribution in [-0.4, -0.2) is 10.1 Å². The van der Waals surface area contributed by atoms with Crippen molar-refractivity contribution in [2.24, 2.45) is 16.0 Å². The summed E-state index contributed by atoms with van der Waals surface area (Å²) in [5.41, 5.74) is 6.57. The Morgan fingerprint density at radius 3 is 2.92 bits per heavy atom. The lowest BCUT2D eigenvalue weighted by atomic mass is 10.3. The van der Waals surface area contributed by atoms with Crippen LogP contribution in [0, 0.1) is 0 Å². The average molecular weight is 181 g/mol. The lowest BCUT2D eigenvalue weighted by molar-refractivity contribution is 0.431. The zero-order chi connectivity index (χ0) is 8.60. The maximum absolute atomic E-state index is 5.82. The molecule has 0 saturated heterocycles. The van der Waals surface area contributed by atoms with Gasteiger partial charge < -0.3 is 10.3 Å². The first-order chi connectivity index (χ1) is 5.71. The molecule has 12 heavy (non-hydrogen) atoms. The Hall–Kier alpha value is -1.27. The van der Waals surface area contributed by atoms with E-state index in [1.165, 1.54) is 0 Å². The monoisotopic (exact) mass is 181 g/mol. The van der Waals surface area contributed by atoms with Gasteiger partial charge in [0.25, 0.3) is 0 Å². The lowest BCUT2D eigenvalue weighted by Crippen LogP contribution is -2.47. The molecule has 0 fully saturated rings. The van der Waals surface area contributed by atoms with Crippen molar-refractivity contribution in [3.8, 4) is 0 Å². The van der Waals surface area contributed by atoms with Crippen molar-refractivity contribution >= 4 is 17.3 Å². The summed E-state index contributed by atoms with van der Waals surface area (Å²) in [5, 5.41) is 10.5. The molecule has 1 aliphatic heterocycles. The second-order valence-electron chi connectivity index (χ2n) is 2.48. The highest BCUT2D eigenvalue weighted by Crippen LogP contribution is 2.19. The zero-order valence-corrected chi connectivity index (χ0v) is 6.93. The Morgan fingerprint density at radius 1 is 1.58 bits per heavy atom. The molecule has 1 unspecified atom stereocenters. The molecule has 1 aliphatic rings. The van der Waals surface area contributed by atoms with E-state index in [1.807, 2.05) is 12.1 Å². The number of thiocarbonyl (C=S) groups is 1. The van der Waals surface area contributed by atoms with Gasteiger partial charge in [-0.15, -0.1) is 10.2 Å². The minimum absolute atomic E-state index is 0.312. The van der Waals surface area contributed by atoms with Gasteiger partial charge in [0.15, 0.2) is 0 Å². The Labute approximate surface area is 74.1 Å². The van der Waals surface area contributed by atoms with E-state index < -0.39 is 5.79 Å². The molecule has 0 amide bonds. The number of H-pyrrole nitrogens is 1. The van der Waals surface area contributed by atoms with Gasteiger partial charge in [0.2, 0.25) is 10.9 Å². The van der Waals surface area contributed by atoms with Crippen LogP contribution in [-0.2, 0) is 5.79 Å². The first kappa shape index (κ1) is 7.38. The molecular weight excluding hydrogens is 174 g/mol. The molecule has 0 radical (unpaired) electrons. The highest BCUT2D eigenvalue weighted by Gasteiger charge is 2.33. The zero-order valence-electron chi connectivity index (χ0n) is 6.11. The fraction of sp³-hybridized carbons (Fsp3) is 0.167. The van der Waals surface area contributed by atoms with Gasteiger partial charge in [-0.1, -0.05) is 0 Å². The molecule has 2 rings (SSSR count). The summed E-state index contributed by atoms with van der Waals surface area (Å²) in [7, 11) is 0. The predicted molar refractivity (Wildman–Crippen MR) is 47.2 cm³/mol. The highest BCUT2D eigenvalue weighted by molar-refractivity contribution is 7.80. The van der Waals surface area contributed by atoms with Crippen LogP contribution in [0.5, 0.6) is 0 Å². The van der Waals surface area contributed by atoms with E-state index in [-0.39, 0.29) is 0 Å². The highest BCUT2D eigenvalue weighted by atomic mass is 32.1. The van der Waals surface area contributed by atoms with Gasteiger partial charge in [-0.2, -0.15) is 0 Å². The quantitative estimate of drug-likeness (QED) is 0.549. The van der Waals surface area contributed by atoms with Crippen molar-refractivity contribution in [3.63, 3.8) is 0 Å². The molecule has 5 nitrogen and oxygen atoms in total. The second-order valence-corrected chi connectivity index (χ2v) is 2.87. The lowest BCUT2D eigenvalue weighted by Gasteiger charge is -2.17. The van der Waals surface area contributed by atoms with Gasteiger partial charge >= 0.3 is 0 Å². The number of nitrogens with one attached hydrogen (secondary N) is 2. The predicted octanol–water partition coefficient (Wildman–Crippen LogP) is 0.424. The first-order valence-electron chi connectivity index (χ1n) is 3.38. The number of nitrogens with zero attached hydrogens (tertiary/aromatic N) is 2. The molecule has 2 heterocycles. The first-order valence-corrected chi connectivity index (χ1v) is 3.79. The Morgan fingerprint density at radius 2 is 2.42 bits per heavy atom. The molecule has 0 spiro atoms. The number of nitrogens with two attached hydrogens (primary N) is 1. The molecule has 1 atom stereocenters. The van der Waals surface area contributed by atoms with E-state index in [0.29, 0.717) is 5.11 Å². The van der Waals surface area contributed by atoms with Gasteiger partial charge in [0.05, 0.1) is 5.69 Å². The third-order valence-electron chi connectivity index (χ3n) is 1.60. The molecule has 0 aromatic carbocycles. The normalized spacial score (nSPS) is 27.6. The molecule has 0 aliphatic carbocycles. The van der Waals surface area contributed by atoms with Crippen LogP contribution in [0.1, 0.15) is 5.69 Å². The van der Waals surface area contributed by atoms with E-state index in [1.54, 1.807) is 6.20 Å². The smallest absolute Gasteiger partial charge is 0.245 e. The maximum atomic E-state index is 5.82. The molecule has 1 aromatic rings. The van der Waals surface area contributed by atoms with Crippen LogP contribution < -0.4 is 11.1 Å². The van der Waals surface area contributed by atoms with Crippen LogP contribution in [0.4, 0.5) is 0 Å². The third-order valence-corrected chi connectivity index (χ3v) is 1.79. The van der Waals surface area contributed by atoms with Crippen LogP contribution in [0.25, 0.3) is 0 Å². The molecule has 6 heteroatoms. The summed E-state index contributed by atoms with van der Waals surface area (Å²) < 4.78 is 0. The molecule has 62 valence electrons. The molecule has 0 bridgehead atoms. The van der Waals surface area contributed by atoms with Crippen molar-refractivity contribution in [2.75, 3.05) is 0 Å². The van der Waals surface area contributed by atoms with E-state index in [2.05, 4.69) is 20.5 Å². The number of rotatable bonds is 1. The largest absolute Gasteiger partial charge is 0.360 e. The van der Waals surface area contributed by atoms with Crippen LogP contribution >= 0.6 is 12.2 Å². The summed E-state index contributed by atoms with van der Waals surface area (Å²) in [5.74, 6) is -0.999. The number of aromatic amines is 1. The van der Waals surface area contributed by atoms with E-state index in [4.69, 9.17) is 18.0 Å². The molecule has 1 aromatic heterocycles. The minimum atomic E-state index is -0.999. The summed E-state index contributed by atoms with van der Waals surface area (Å²) in [4.78, 5) is 2.94. The van der Waals surface area contributed by atoms with E-state index >= 15 is 0 Å². The van der Waals surface area contributed by atoms with E-state index in [0.717, 1.165) is 5.69 Å². The van der Waals surface area contributed by atoms with Gasteiger partial charge in [-0.3, -0.25) is 5.73 Å². The van der Waals surface area contributed by atoms with Crippen molar-refractivity contribution in [2.45, 2.75) is 5.79 Å². The standard InChI is InChI=1S/C6H7N5S/c7-6(4-2-1-3-8-4)9-5(12)10-11-6/h1-3,8H,7H2,(H,9,12). The van der Waals surface area contributed by atoms with Crippen LogP contribution in [0.2, 0.25) is 0 Å². The Kier molecular flexibility index (Phi) is 1.45. The Balaban J connectivity index is 2.36. The van der Waals surface area contributed by atoms with Gasteiger partial charge in [0.1, 0.15) is 0 Å². The van der Waals surface area contributed by atoms with Gasteiger partial charge in [-0.05, 0) is 24.4 Å². The van der Waals surface area contributed by atoms with E-state index in [9.17, 15) is 0 Å². The molecule has 0 saturated carbocycles.